The molecular weight excluding hydrogens is 284 g/mol. The first-order chi connectivity index (χ1) is 10.4. The average molecular weight is 312 g/mol. The number of carbonyl (C=O) groups is 2. The topological polar surface area (TPSA) is 105 Å². The van der Waals surface area contributed by atoms with Gasteiger partial charge < -0.3 is 20.9 Å². The zero-order valence-electron chi connectivity index (χ0n) is 13.6. The molecule has 0 amide bonds. The van der Waals surface area contributed by atoms with Crippen LogP contribution in [0.25, 0.3) is 0 Å². The lowest BCUT2D eigenvalue weighted by Crippen LogP contribution is -2.62. The Morgan fingerprint density at radius 2 is 1.27 bits per heavy atom. The number of rotatable bonds is 4. The lowest BCUT2D eigenvalue weighted by atomic mass is 9.57. The van der Waals surface area contributed by atoms with E-state index in [4.69, 9.17) is 20.9 Å². The molecule has 0 bridgehead atoms. The van der Waals surface area contributed by atoms with Crippen molar-refractivity contribution in [3.05, 3.63) is 0 Å². The molecule has 2 rings (SSSR count). The van der Waals surface area contributed by atoms with Crippen molar-refractivity contribution in [2.24, 2.45) is 23.3 Å². The van der Waals surface area contributed by atoms with Gasteiger partial charge >= 0.3 is 11.9 Å². The minimum absolute atomic E-state index is 0.104. The number of hydrogen-bond acceptors (Lipinski definition) is 6. The van der Waals surface area contributed by atoms with Gasteiger partial charge in [-0.25, -0.2) is 0 Å². The van der Waals surface area contributed by atoms with E-state index in [2.05, 4.69) is 0 Å². The highest BCUT2D eigenvalue weighted by Crippen LogP contribution is 2.52. The van der Waals surface area contributed by atoms with Crippen LogP contribution >= 0.6 is 0 Å². The van der Waals surface area contributed by atoms with E-state index in [0.717, 1.165) is 38.5 Å². The summed E-state index contributed by atoms with van der Waals surface area (Å²) in [5, 5.41) is 0. The Labute approximate surface area is 131 Å². The Morgan fingerprint density at radius 3 is 1.55 bits per heavy atom. The molecule has 6 nitrogen and oxygen atoms in total. The van der Waals surface area contributed by atoms with Crippen molar-refractivity contribution in [3.63, 3.8) is 0 Å². The predicted molar refractivity (Wildman–Crippen MR) is 81.8 cm³/mol. The van der Waals surface area contributed by atoms with Gasteiger partial charge in [-0.15, -0.1) is 0 Å². The van der Waals surface area contributed by atoms with Gasteiger partial charge in [0.05, 0.1) is 0 Å². The van der Waals surface area contributed by atoms with Crippen LogP contribution < -0.4 is 11.5 Å². The number of hydrogen-bond donors (Lipinski definition) is 2. The molecule has 22 heavy (non-hydrogen) atoms. The Hall–Kier alpha value is -1.14. The third kappa shape index (κ3) is 2.99. The standard InChI is InChI=1S/C16H28N2O4/c1-11(19)21-15(9-17)7-3-6-14-13(15)5-4-8-16(14,10-18)22-12(2)20/h13-14H,3-10,17-18H2,1-2H3. The molecule has 0 aromatic heterocycles. The molecule has 2 aliphatic carbocycles. The summed E-state index contributed by atoms with van der Waals surface area (Å²) in [6.45, 7) is 3.45. The maximum absolute atomic E-state index is 11.6. The Kier molecular flexibility index (Phi) is 5.12. The molecule has 4 atom stereocenters. The highest BCUT2D eigenvalue weighted by molar-refractivity contribution is 5.67. The summed E-state index contributed by atoms with van der Waals surface area (Å²) in [5.74, 6) is -0.399. The number of nitrogens with two attached hydrogens (primary N) is 2. The van der Waals surface area contributed by atoms with Gasteiger partial charge in [0.1, 0.15) is 11.2 Å². The van der Waals surface area contributed by atoms with Crippen LogP contribution in [0.2, 0.25) is 0 Å². The van der Waals surface area contributed by atoms with Crippen LogP contribution in [0.15, 0.2) is 0 Å². The summed E-state index contributed by atoms with van der Waals surface area (Å²) >= 11 is 0. The van der Waals surface area contributed by atoms with Crippen molar-refractivity contribution >= 4 is 11.9 Å². The van der Waals surface area contributed by atoms with E-state index in [1.165, 1.54) is 13.8 Å². The first kappa shape index (κ1) is 17.2. The lowest BCUT2D eigenvalue weighted by molar-refractivity contribution is -0.203. The van der Waals surface area contributed by atoms with Gasteiger partial charge in [0, 0.05) is 38.8 Å². The van der Waals surface area contributed by atoms with Gasteiger partial charge in [-0.1, -0.05) is 0 Å². The van der Waals surface area contributed by atoms with Gasteiger partial charge in [-0.05, 0) is 38.5 Å². The summed E-state index contributed by atoms with van der Waals surface area (Å²) in [4.78, 5) is 23.1. The third-order valence-corrected chi connectivity index (χ3v) is 5.45. The van der Waals surface area contributed by atoms with E-state index >= 15 is 0 Å². The van der Waals surface area contributed by atoms with Crippen LogP contribution in [0.3, 0.4) is 0 Å². The second-order valence-electron chi connectivity index (χ2n) is 6.72. The van der Waals surface area contributed by atoms with Gasteiger partial charge in [0.15, 0.2) is 0 Å². The SMILES string of the molecule is CC(=O)OC1(CN)CCCC2C1CCCC2(CN)OC(C)=O. The third-order valence-electron chi connectivity index (χ3n) is 5.45. The highest BCUT2D eigenvalue weighted by Gasteiger charge is 2.57. The molecule has 0 aliphatic heterocycles. The van der Waals surface area contributed by atoms with E-state index < -0.39 is 11.2 Å². The zero-order chi connectivity index (χ0) is 16.4. The quantitative estimate of drug-likeness (QED) is 0.753. The van der Waals surface area contributed by atoms with Crippen molar-refractivity contribution in [2.75, 3.05) is 13.1 Å². The molecule has 0 aromatic rings. The molecule has 0 heterocycles. The first-order valence-electron chi connectivity index (χ1n) is 8.18. The normalized spacial score (nSPS) is 38.0. The molecule has 126 valence electrons. The molecule has 0 aromatic carbocycles. The summed E-state index contributed by atoms with van der Waals surface area (Å²) in [5.41, 5.74) is 10.7. The molecule has 0 radical (unpaired) electrons. The van der Waals surface area contributed by atoms with Crippen LogP contribution in [0, 0.1) is 11.8 Å². The maximum atomic E-state index is 11.6. The van der Waals surface area contributed by atoms with Gasteiger partial charge in [0.25, 0.3) is 0 Å². The number of carbonyl (C=O) groups excluding carboxylic acids is 2. The molecule has 2 aliphatic rings. The molecule has 6 heteroatoms. The molecule has 2 fully saturated rings. The first-order valence-corrected chi connectivity index (χ1v) is 8.18. The fourth-order valence-electron chi connectivity index (χ4n) is 4.69. The number of esters is 2. The summed E-state index contributed by atoms with van der Waals surface area (Å²) in [6, 6.07) is 0. The Morgan fingerprint density at radius 1 is 0.909 bits per heavy atom. The van der Waals surface area contributed by atoms with Crippen LogP contribution in [-0.2, 0) is 19.1 Å². The van der Waals surface area contributed by atoms with Crippen molar-refractivity contribution in [2.45, 2.75) is 63.6 Å². The van der Waals surface area contributed by atoms with E-state index in [1.807, 2.05) is 0 Å². The van der Waals surface area contributed by atoms with Gasteiger partial charge in [-0.3, -0.25) is 9.59 Å². The molecule has 0 saturated heterocycles. The second-order valence-corrected chi connectivity index (χ2v) is 6.72. The van der Waals surface area contributed by atoms with Crippen molar-refractivity contribution in [1.82, 2.24) is 0 Å². The van der Waals surface area contributed by atoms with E-state index in [9.17, 15) is 9.59 Å². The minimum atomic E-state index is -0.643. The predicted octanol–water partition coefficient (Wildman–Crippen LogP) is 1.11. The summed E-state index contributed by atoms with van der Waals surface area (Å²) < 4.78 is 11.4. The summed E-state index contributed by atoms with van der Waals surface area (Å²) in [7, 11) is 0. The van der Waals surface area contributed by atoms with E-state index in [-0.39, 0.29) is 23.8 Å². The molecular formula is C16H28N2O4. The molecule has 0 spiro atoms. The average Bonchev–Trinajstić information content (AvgIpc) is 2.47. The minimum Gasteiger partial charge on any atom is -0.458 e. The van der Waals surface area contributed by atoms with Crippen molar-refractivity contribution < 1.29 is 19.1 Å². The lowest BCUT2D eigenvalue weighted by Gasteiger charge is -2.55. The largest absolute Gasteiger partial charge is 0.458 e. The smallest absolute Gasteiger partial charge is 0.303 e. The maximum Gasteiger partial charge on any atom is 0.303 e. The van der Waals surface area contributed by atoms with Gasteiger partial charge in [-0.2, -0.15) is 0 Å². The number of ether oxygens (including phenoxy) is 2. The molecule has 4 unspecified atom stereocenters. The van der Waals surface area contributed by atoms with Crippen molar-refractivity contribution in [3.8, 4) is 0 Å². The van der Waals surface area contributed by atoms with E-state index in [0.29, 0.717) is 13.1 Å². The summed E-state index contributed by atoms with van der Waals surface area (Å²) in [6.07, 6.45) is 5.19. The Balaban J connectivity index is 2.35. The van der Waals surface area contributed by atoms with Crippen LogP contribution in [0.4, 0.5) is 0 Å². The van der Waals surface area contributed by atoms with Gasteiger partial charge in [0.2, 0.25) is 0 Å². The fourth-order valence-corrected chi connectivity index (χ4v) is 4.69. The number of fused-ring (bicyclic) bond motifs is 1. The Bertz CT molecular complexity index is 402. The fraction of sp³-hybridized carbons (Fsp3) is 0.875. The molecule has 2 saturated carbocycles. The van der Waals surface area contributed by atoms with E-state index in [1.54, 1.807) is 0 Å². The van der Waals surface area contributed by atoms with Crippen LogP contribution in [0.5, 0.6) is 0 Å². The molecule has 4 N–H and O–H groups in total. The van der Waals surface area contributed by atoms with Crippen LogP contribution in [0.1, 0.15) is 52.4 Å². The van der Waals surface area contributed by atoms with Crippen molar-refractivity contribution in [1.29, 1.82) is 0 Å². The second kappa shape index (κ2) is 6.54. The zero-order valence-corrected chi connectivity index (χ0v) is 13.6. The highest BCUT2D eigenvalue weighted by atomic mass is 16.6. The monoisotopic (exact) mass is 312 g/mol. The van der Waals surface area contributed by atoms with Crippen LogP contribution in [-0.4, -0.2) is 36.2 Å².